The summed E-state index contributed by atoms with van der Waals surface area (Å²) in [7, 11) is 0. The first-order chi connectivity index (χ1) is 18.0. The number of nitrogens with zero attached hydrogens (tertiary/aromatic N) is 4. The third-order valence-electron chi connectivity index (χ3n) is 6.81. The summed E-state index contributed by atoms with van der Waals surface area (Å²) in [4.78, 5) is 32.3. The van der Waals surface area contributed by atoms with Crippen molar-refractivity contribution in [3.05, 3.63) is 70.9 Å². The van der Waals surface area contributed by atoms with Crippen molar-refractivity contribution < 1.29 is 14.3 Å². The Balaban J connectivity index is 1.47. The van der Waals surface area contributed by atoms with Crippen LogP contribution in [-0.4, -0.2) is 57.8 Å². The molecule has 2 aliphatic rings. The number of morpholine rings is 1. The molecular weight excluding hydrogens is 486 g/mol. The Morgan fingerprint density at radius 1 is 1.05 bits per heavy atom. The van der Waals surface area contributed by atoms with Gasteiger partial charge in [0.2, 0.25) is 5.91 Å². The monoisotopic (exact) mass is 513 g/mol. The Kier molecular flexibility index (Phi) is 6.10. The molecule has 2 aromatic heterocycles. The summed E-state index contributed by atoms with van der Waals surface area (Å²) < 4.78 is 7.39. The van der Waals surface area contributed by atoms with E-state index in [1.165, 1.54) is 23.8 Å². The highest BCUT2D eigenvalue weighted by Crippen LogP contribution is 2.44. The number of anilines is 1. The van der Waals surface area contributed by atoms with Crippen LogP contribution in [0.2, 0.25) is 0 Å². The molecule has 188 valence electrons. The van der Waals surface area contributed by atoms with Gasteiger partial charge in [0.05, 0.1) is 40.9 Å². The van der Waals surface area contributed by atoms with E-state index in [2.05, 4.69) is 17.4 Å². The van der Waals surface area contributed by atoms with Gasteiger partial charge in [-0.05, 0) is 43.5 Å². The molecule has 0 saturated carbocycles. The minimum absolute atomic E-state index is 0.0233. The van der Waals surface area contributed by atoms with E-state index >= 15 is 0 Å². The number of rotatable bonds is 4. The number of ether oxygens (including phenoxy) is 1. The van der Waals surface area contributed by atoms with Crippen molar-refractivity contribution in [2.45, 2.75) is 26.7 Å². The van der Waals surface area contributed by atoms with Crippen molar-refractivity contribution in [1.29, 1.82) is 0 Å². The second-order valence-electron chi connectivity index (χ2n) is 9.34. The molecule has 0 atom stereocenters. The number of hydrogen-bond acceptors (Lipinski definition) is 6. The van der Waals surface area contributed by atoms with Gasteiger partial charge < -0.3 is 15.0 Å². The van der Waals surface area contributed by atoms with Crippen LogP contribution in [0.25, 0.3) is 27.5 Å². The molecule has 0 radical (unpaired) electrons. The molecule has 1 N–H and O–H groups in total. The third kappa shape index (κ3) is 4.34. The highest BCUT2D eigenvalue weighted by atomic mass is 32.1. The van der Waals surface area contributed by atoms with E-state index in [1.54, 1.807) is 0 Å². The van der Waals surface area contributed by atoms with E-state index in [4.69, 9.17) is 14.8 Å². The SMILES string of the molecule is CC(=O)Nc1nc2c(s1)-c1c(c(-c3ccccc3)nn1-c1ccc(C(=O)N3CCOCC3)cc1C)CC2. The largest absolute Gasteiger partial charge is 0.378 e. The number of benzene rings is 2. The zero-order valence-corrected chi connectivity index (χ0v) is 21.6. The number of aromatic nitrogens is 3. The van der Waals surface area contributed by atoms with Crippen molar-refractivity contribution in [2.24, 2.45) is 0 Å². The summed E-state index contributed by atoms with van der Waals surface area (Å²) in [5.74, 6) is -0.115. The molecule has 9 heteroatoms. The zero-order chi connectivity index (χ0) is 25.5. The Labute approximate surface area is 218 Å². The van der Waals surface area contributed by atoms with Gasteiger partial charge in [-0.2, -0.15) is 5.10 Å². The number of nitrogens with one attached hydrogen (secondary N) is 1. The summed E-state index contributed by atoms with van der Waals surface area (Å²) in [5, 5.41) is 8.56. The fraction of sp³-hybridized carbons (Fsp3) is 0.286. The van der Waals surface area contributed by atoms with Crippen LogP contribution in [0, 0.1) is 6.92 Å². The molecule has 2 aromatic carbocycles. The lowest BCUT2D eigenvalue weighted by atomic mass is 9.95. The zero-order valence-electron chi connectivity index (χ0n) is 20.8. The van der Waals surface area contributed by atoms with Crippen molar-refractivity contribution in [2.75, 3.05) is 31.6 Å². The first kappa shape index (κ1) is 23.6. The van der Waals surface area contributed by atoms with Crippen LogP contribution in [0.4, 0.5) is 5.13 Å². The lowest BCUT2D eigenvalue weighted by Gasteiger charge is -2.27. The van der Waals surface area contributed by atoms with Gasteiger partial charge >= 0.3 is 0 Å². The first-order valence-electron chi connectivity index (χ1n) is 12.4. The molecule has 0 spiro atoms. The number of hydrogen-bond donors (Lipinski definition) is 1. The lowest BCUT2D eigenvalue weighted by molar-refractivity contribution is -0.114. The van der Waals surface area contributed by atoms with Crippen LogP contribution in [0.15, 0.2) is 48.5 Å². The molecular formula is C28H27N5O3S. The molecule has 2 amide bonds. The molecule has 37 heavy (non-hydrogen) atoms. The molecule has 1 aliphatic heterocycles. The summed E-state index contributed by atoms with van der Waals surface area (Å²) in [6, 6.07) is 16.0. The number of aryl methyl sites for hydroxylation is 2. The van der Waals surface area contributed by atoms with Crippen molar-refractivity contribution in [3.8, 4) is 27.5 Å². The summed E-state index contributed by atoms with van der Waals surface area (Å²) in [5.41, 5.74) is 7.70. The van der Waals surface area contributed by atoms with E-state index in [0.717, 1.165) is 51.6 Å². The number of carbonyl (C=O) groups excluding carboxylic acids is 2. The maximum atomic E-state index is 13.1. The molecule has 0 bridgehead atoms. The van der Waals surface area contributed by atoms with Gasteiger partial charge in [0.1, 0.15) is 0 Å². The van der Waals surface area contributed by atoms with E-state index < -0.39 is 0 Å². The summed E-state index contributed by atoms with van der Waals surface area (Å²) in [6.45, 7) is 5.87. The third-order valence-corrected chi connectivity index (χ3v) is 7.83. The topological polar surface area (TPSA) is 89.3 Å². The van der Waals surface area contributed by atoms with Crippen LogP contribution >= 0.6 is 11.3 Å². The Bertz CT molecular complexity index is 1500. The highest BCUT2D eigenvalue weighted by molar-refractivity contribution is 7.19. The summed E-state index contributed by atoms with van der Waals surface area (Å²) in [6.07, 6.45) is 1.60. The van der Waals surface area contributed by atoms with Crippen molar-refractivity contribution in [3.63, 3.8) is 0 Å². The van der Waals surface area contributed by atoms with Gasteiger partial charge in [-0.3, -0.25) is 9.59 Å². The van der Waals surface area contributed by atoms with Crippen LogP contribution in [0.1, 0.15) is 34.1 Å². The number of fused-ring (bicyclic) bond motifs is 3. The predicted molar refractivity (Wildman–Crippen MR) is 143 cm³/mol. The minimum atomic E-state index is -0.138. The predicted octanol–water partition coefficient (Wildman–Crippen LogP) is 4.50. The number of carbonyl (C=O) groups is 2. The Hall–Kier alpha value is -3.82. The van der Waals surface area contributed by atoms with E-state index in [1.807, 2.05) is 52.9 Å². The van der Waals surface area contributed by atoms with Crippen LogP contribution in [-0.2, 0) is 22.4 Å². The molecule has 0 unspecified atom stereocenters. The van der Waals surface area contributed by atoms with Crippen molar-refractivity contribution >= 4 is 28.3 Å². The van der Waals surface area contributed by atoms with Gasteiger partial charge in [0.25, 0.3) is 5.91 Å². The first-order valence-corrected chi connectivity index (χ1v) is 13.2. The average Bonchev–Trinajstić information content (AvgIpc) is 3.50. The standard InChI is InChI=1S/C28H27N5O3S/c1-17-16-20(27(35)32-12-14-36-15-13-32)8-11-23(17)33-25-21(24(31-33)19-6-4-3-5-7-19)9-10-22-26(25)37-28(30-22)29-18(2)34/h3-8,11,16H,9-10,12-15H2,1-2H3,(H,29,30,34). The van der Waals surface area contributed by atoms with Gasteiger partial charge in [0.15, 0.2) is 5.13 Å². The quantitative estimate of drug-likeness (QED) is 0.434. The fourth-order valence-electron chi connectivity index (χ4n) is 5.05. The van der Waals surface area contributed by atoms with Crippen LogP contribution in [0.3, 0.4) is 0 Å². The average molecular weight is 514 g/mol. The van der Waals surface area contributed by atoms with Crippen LogP contribution in [0.5, 0.6) is 0 Å². The molecule has 1 fully saturated rings. The maximum absolute atomic E-state index is 13.1. The lowest BCUT2D eigenvalue weighted by Crippen LogP contribution is -2.40. The molecule has 1 saturated heterocycles. The summed E-state index contributed by atoms with van der Waals surface area (Å²) >= 11 is 1.48. The Morgan fingerprint density at radius 2 is 1.84 bits per heavy atom. The van der Waals surface area contributed by atoms with Crippen molar-refractivity contribution in [1.82, 2.24) is 19.7 Å². The fourth-order valence-corrected chi connectivity index (χ4v) is 6.17. The van der Waals surface area contributed by atoms with E-state index in [-0.39, 0.29) is 11.8 Å². The number of thiazole rings is 1. The van der Waals surface area contributed by atoms with Crippen LogP contribution < -0.4 is 5.32 Å². The molecule has 4 aromatic rings. The van der Waals surface area contributed by atoms with Gasteiger partial charge in [-0.1, -0.05) is 41.7 Å². The van der Waals surface area contributed by atoms with Gasteiger partial charge in [-0.15, -0.1) is 0 Å². The second kappa shape index (κ2) is 9.57. The molecule has 1 aliphatic carbocycles. The molecule has 8 nitrogen and oxygen atoms in total. The van der Waals surface area contributed by atoms with E-state index in [9.17, 15) is 9.59 Å². The van der Waals surface area contributed by atoms with Gasteiger partial charge in [0, 0.05) is 36.7 Å². The second-order valence-corrected chi connectivity index (χ2v) is 10.3. The van der Waals surface area contributed by atoms with E-state index in [0.29, 0.717) is 37.0 Å². The number of amides is 2. The Morgan fingerprint density at radius 3 is 2.57 bits per heavy atom. The van der Waals surface area contributed by atoms with Gasteiger partial charge in [-0.25, -0.2) is 9.67 Å². The smallest absolute Gasteiger partial charge is 0.254 e. The normalized spacial score (nSPS) is 14.7. The molecule has 3 heterocycles. The minimum Gasteiger partial charge on any atom is -0.378 e. The highest BCUT2D eigenvalue weighted by Gasteiger charge is 2.30. The molecule has 6 rings (SSSR count). The maximum Gasteiger partial charge on any atom is 0.254 e.